The normalized spacial score (nSPS) is 23.9. The fraction of sp³-hybridized carbons (Fsp3) is 1.00. The quantitative estimate of drug-likeness (QED) is 0.421. The Kier molecular flexibility index (Phi) is 1.88. The molecule has 2 N–H and O–H groups in total. The Morgan fingerprint density at radius 2 is 2.50 bits per heavy atom. The fourth-order valence-electron chi connectivity index (χ4n) is 0.487. The van der Waals surface area contributed by atoms with Gasteiger partial charge in [-0.1, -0.05) is 4.57 Å². The summed E-state index contributed by atoms with van der Waals surface area (Å²) in [7, 11) is -2.44. The van der Waals surface area contributed by atoms with Gasteiger partial charge in [-0.3, -0.25) is 0 Å². The van der Waals surface area contributed by atoms with E-state index in [0.29, 0.717) is 13.1 Å². The van der Waals surface area contributed by atoms with Gasteiger partial charge in [0.1, 0.15) is 0 Å². The van der Waals surface area contributed by atoms with Crippen molar-refractivity contribution in [3.05, 3.63) is 0 Å². The van der Waals surface area contributed by atoms with E-state index in [9.17, 15) is 9.46 Å². The predicted octanol–water partition coefficient (Wildman–Crippen LogP) is -1.67. The van der Waals surface area contributed by atoms with E-state index in [1.165, 1.54) is 0 Å². The Labute approximate surface area is 47.5 Å². The molecule has 1 unspecified atom stereocenters. The summed E-state index contributed by atoms with van der Waals surface area (Å²) in [4.78, 5) is 10.1. The number of nitrogens with zero attached hydrogens (tertiary/aromatic N) is 1. The first kappa shape index (κ1) is 6.07. The van der Waals surface area contributed by atoms with Gasteiger partial charge in [0, 0.05) is 6.54 Å². The van der Waals surface area contributed by atoms with Crippen LogP contribution in [0.2, 0.25) is 0 Å². The van der Waals surface area contributed by atoms with E-state index in [1.807, 2.05) is 0 Å². The van der Waals surface area contributed by atoms with Crippen LogP contribution in [-0.2, 0) is 4.57 Å². The van der Waals surface area contributed by atoms with Crippen LogP contribution < -0.4 is 15.9 Å². The van der Waals surface area contributed by atoms with Gasteiger partial charge in [-0.05, 0) is 4.78 Å². The molecule has 1 heterocycles. The molecule has 0 aliphatic carbocycles. The van der Waals surface area contributed by atoms with Crippen molar-refractivity contribution in [2.45, 2.75) is 0 Å². The van der Waals surface area contributed by atoms with Gasteiger partial charge in [-0.25, -0.2) is 5.43 Å². The highest BCUT2D eigenvalue weighted by Gasteiger charge is 2.20. The molecule has 5 nitrogen and oxygen atoms in total. The van der Waals surface area contributed by atoms with Gasteiger partial charge >= 0.3 is 8.18 Å². The first-order valence-electron chi connectivity index (χ1n) is 2.21. The standard InChI is InChI=1S/C2H6N3O2P/c6-8(7)5-2-1-3-4-5/h3-4H,1-2H2. The minimum Gasteiger partial charge on any atom is -0.577 e. The highest BCUT2D eigenvalue weighted by atomic mass is 31.1. The SMILES string of the molecule is O=[P+]([O-])N1CCNN1. The monoisotopic (exact) mass is 135 g/mol. The third-order valence-corrected chi connectivity index (χ3v) is 1.55. The van der Waals surface area contributed by atoms with Crippen molar-refractivity contribution in [1.29, 1.82) is 0 Å². The van der Waals surface area contributed by atoms with Crippen LogP contribution in [0.1, 0.15) is 0 Å². The maximum atomic E-state index is 10.1. The average Bonchev–Trinajstić information content (AvgIpc) is 2.12. The molecule has 1 aliphatic rings. The molecular formula is C2H6N3O2P. The van der Waals surface area contributed by atoms with E-state index in [2.05, 4.69) is 11.0 Å². The molecule has 0 aromatic rings. The summed E-state index contributed by atoms with van der Waals surface area (Å²) in [6, 6.07) is 0. The van der Waals surface area contributed by atoms with E-state index in [4.69, 9.17) is 0 Å². The van der Waals surface area contributed by atoms with Gasteiger partial charge in [0.05, 0.1) is 6.54 Å². The molecule has 46 valence electrons. The van der Waals surface area contributed by atoms with E-state index < -0.39 is 8.18 Å². The van der Waals surface area contributed by atoms with Crippen LogP contribution in [0.15, 0.2) is 0 Å². The summed E-state index contributed by atoms with van der Waals surface area (Å²) in [5.74, 6) is 0. The zero-order valence-electron chi connectivity index (χ0n) is 4.13. The Hall–Kier alpha value is -0.0600. The number of rotatable bonds is 1. The molecule has 6 heteroatoms. The minimum absolute atomic E-state index is 0.513. The summed E-state index contributed by atoms with van der Waals surface area (Å²) in [6.07, 6.45) is 0. The molecule has 0 amide bonds. The highest BCUT2D eigenvalue weighted by molar-refractivity contribution is 7.33. The van der Waals surface area contributed by atoms with Crippen LogP contribution in [0.5, 0.6) is 0 Å². The molecule has 0 aromatic carbocycles. The molecule has 1 fully saturated rings. The van der Waals surface area contributed by atoms with Gasteiger partial charge in [0.2, 0.25) is 0 Å². The lowest BCUT2D eigenvalue weighted by atomic mass is 10.7. The predicted molar refractivity (Wildman–Crippen MR) is 25.5 cm³/mol. The van der Waals surface area contributed by atoms with Crippen molar-refractivity contribution in [1.82, 2.24) is 15.7 Å². The molecule has 0 aromatic heterocycles. The molecule has 0 bridgehead atoms. The van der Waals surface area contributed by atoms with Gasteiger partial charge in [-0.2, -0.15) is 5.53 Å². The maximum Gasteiger partial charge on any atom is 0.427 e. The summed E-state index contributed by atoms with van der Waals surface area (Å²) < 4.78 is 11.2. The molecule has 8 heavy (non-hydrogen) atoms. The van der Waals surface area contributed by atoms with Crippen LogP contribution in [-0.4, -0.2) is 17.9 Å². The van der Waals surface area contributed by atoms with E-state index >= 15 is 0 Å². The molecule has 1 rings (SSSR count). The topological polar surface area (TPSA) is 67.4 Å². The van der Waals surface area contributed by atoms with Crippen molar-refractivity contribution in [2.24, 2.45) is 0 Å². The van der Waals surface area contributed by atoms with Crippen molar-refractivity contribution in [2.75, 3.05) is 13.1 Å². The second-order valence-electron chi connectivity index (χ2n) is 1.40. The van der Waals surface area contributed by atoms with Crippen molar-refractivity contribution < 1.29 is 9.46 Å². The van der Waals surface area contributed by atoms with Crippen molar-refractivity contribution >= 4 is 8.18 Å². The van der Waals surface area contributed by atoms with Gasteiger partial charge in [0.25, 0.3) is 0 Å². The summed E-state index contributed by atoms with van der Waals surface area (Å²) in [5, 5.41) is 0. The Bertz CT molecular complexity index is 101. The average molecular weight is 135 g/mol. The van der Waals surface area contributed by atoms with Gasteiger partial charge in [0.15, 0.2) is 0 Å². The Balaban J connectivity index is 2.35. The number of hydrogen-bond acceptors (Lipinski definition) is 4. The van der Waals surface area contributed by atoms with Crippen LogP contribution in [0, 0.1) is 0 Å². The molecule has 0 spiro atoms. The molecule has 1 aliphatic heterocycles. The first-order chi connectivity index (χ1) is 3.80. The Morgan fingerprint density at radius 3 is 2.75 bits per heavy atom. The van der Waals surface area contributed by atoms with Crippen LogP contribution in [0.3, 0.4) is 0 Å². The second kappa shape index (κ2) is 2.48. The van der Waals surface area contributed by atoms with Gasteiger partial charge in [-0.15, -0.1) is 0 Å². The number of hydrogen-bond donors (Lipinski definition) is 2. The van der Waals surface area contributed by atoms with Crippen LogP contribution >= 0.6 is 8.18 Å². The molecule has 0 radical (unpaired) electrons. The maximum absolute atomic E-state index is 10.1. The lowest BCUT2D eigenvalue weighted by Gasteiger charge is -1.98. The zero-order valence-corrected chi connectivity index (χ0v) is 5.02. The second-order valence-corrected chi connectivity index (χ2v) is 2.36. The first-order valence-corrected chi connectivity index (χ1v) is 3.34. The number of hydrazine groups is 2. The molecule has 1 saturated heterocycles. The lowest BCUT2D eigenvalue weighted by Crippen LogP contribution is -2.32. The zero-order chi connectivity index (χ0) is 5.98. The largest absolute Gasteiger partial charge is 0.577 e. The Morgan fingerprint density at radius 1 is 1.75 bits per heavy atom. The van der Waals surface area contributed by atoms with Crippen LogP contribution in [0.4, 0.5) is 0 Å². The van der Waals surface area contributed by atoms with Crippen molar-refractivity contribution in [3.8, 4) is 0 Å². The third-order valence-electron chi connectivity index (χ3n) is 0.854. The number of nitrogens with one attached hydrogen (secondary N) is 2. The smallest absolute Gasteiger partial charge is 0.427 e. The summed E-state index contributed by atoms with van der Waals surface area (Å²) >= 11 is 0. The molecule has 0 saturated carbocycles. The molecule has 1 atom stereocenters. The van der Waals surface area contributed by atoms with Crippen molar-refractivity contribution in [3.63, 3.8) is 0 Å². The van der Waals surface area contributed by atoms with E-state index in [0.717, 1.165) is 4.78 Å². The summed E-state index contributed by atoms with van der Waals surface area (Å²) in [6.45, 7) is 1.18. The van der Waals surface area contributed by atoms with Crippen LogP contribution in [0.25, 0.3) is 0 Å². The minimum atomic E-state index is -2.44. The highest BCUT2D eigenvalue weighted by Crippen LogP contribution is 2.12. The molecular weight excluding hydrogens is 129 g/mol. The fourth-order valence-corrected chi connectivity index (χ4v) is 0.903. The van der Waals surface area contributed by atoms with Gasteiger partial charge < -0.3 is 4.89 Å². The lowest BCUT2D eigenvalue weighted by molar-refractivity contribution is -0.177. The third kappa shape index (κ3) is 1.21. The summed E-state index contributed by atoms with van der Waals surface area (Å²) in [5.41, 5.74) is 5.09. The van der Waals surface area contributed by atoms with E-state index in [-0.39, 0.29) is 0 Å². The van der Waals surface area contributed by atoms with E-state index in [1.54, 1.807) is 0 Å².